The number of ether oxygens (including phenoxy) is 2. The Morgan fingerprint density at radius 2 is 1.90 bits per heavy atom. The van der Waals surface area contributed by atoms with Gasteiger partial charge in [-0.25, -0.2) is 4.39 Å². The number of halogens is 2. The van der Waals surface area contributed by atoms with Gasteiger partial charge in [0.25, 0.3) is 5.91 Å². The lowest BCUT2D eigenvalue weighted by molar-refractivity contribution is 0.0730. The first-order valence-corrected chi connectivity index (χ1v) is 13.1. The Hall–Kier alpha value is -4.04. The average molecular weight is 550 g/mol. The first-order chi connectivity index (χ1) is 18.8. The number of H-pyrrole nitrogens is 1. The van der Waals surface area contributed by atoms with Gasteiger partial charge in [0.1, 0.15) is 23.0 Å². The molecule has 2 heterocycles. The SMILES string of the molecule is CCCCOc1ccc(C2c3c(-c4cc(Cl)c(C)cc4O)n[nH]c3C(=O)N2Cc2ccc(F)cc2)cc1OC. The number of aryl methyl sites for hydroxylation is 1. The second-order valence-corrected chi connectivity index (χ2v) is 9.96. The van der Waals surface area contributed by atoms with E-state index in [0.717, 1.165) is 29.5 Å². The molecule has 0 spiro atoms. The van der Waals surface area contributed by atoms with Crippen molar-refractivity contribution in [2.24, 2.45) is 0 Å². The molecule has 1 aromatic heterocycles. The van der Waals surface area contributed by atoms with Gasteiger partial charge in [0.05, 0.1) is 19.8 Å². The van der Waals surface area contributed by atoms with Gasteiger partial charge < -0.3 is 19.5 Å². The summed E-state index contributed by atoms with van der Waals surface area (Å²) in [6, 6.07) is 14.3. The number of methoxy groups -OCH3 is 1. The topological polar surface area (TPSA) is 87.7 Å². The minimum atomic E-state index is -0.579. The van der Waals surface area contributed by atoms with Crippen molar-refractivity contribution in [2.45, 2.75) is 39.3 Å². The number of aromatic amines is 1. The van der Waals surface area contributed by atoms with Crippen molar-refractivity contribution in [3.05, 3.63) is 93.4 Å². The summed E-state index contributed by atoms with van der Waals surface area (Å²) in [7, 11) is 1.57. The molecule has 1 amide bonds. The molecule has 0 radical (unpaired) electrons. The van der Waals surface area contributed by atoms with Crippen LogP contribution in [0.1, 0.15) is 58.5 Å². The molecule has 5 rings (SSSR count). The molecule has 4 aromatic rings. The molecule has 0 bridgehead atoms. The normalized spacial score (nSPS) is 14.5. The number of nitrogens with zero attached hydrogens (tertiary/aromatic N) is 2. The van der Waals surface area contributed by atoms with Gasteiger partial charge in [0, 0.05) is 22.7 Å². The van der Waals surface area contributed by atoms with Crippen molar-refractivity contribution in [3.8, 4) is 28.5 Å². The van der Waals surface area contributed by atoms with Crippen LogP contribution in [0.3, 0.4) is 0 Å². The fraction of sp³-hybridized carbons (Fsp3) is 0.267. The van der Waals surface area contributed by atoms with Crippen LogP contribution in [0.25, 0.3) is 11.3 Å². The molecular formula is C30H29ClFN3O4. The second-order valence-electron chi connectivity index (χ2n) is 9.55. The third-order valence-electron chi connectivity index (χ3n) is 6.92. The van der Waals surface area contributed by atoms with Crippen LogP contribution in [-0.4, -0.2) is 39.8 Å². The lowest BCUT2D eigenvalue weighted by atomic mass is 9.94. The summed E-state index contributed by atoms with van der Waals surface area (Å²) in [5.74, 6) is 0.539. The molecule has 1 unspecified atom stereocenters. The quantitative estimate of drug-likeness (QED) is 0.224. The van der Waals surface area contributed by atoms with E-state index >= 15 is 0 Å². The van der Waals surface area contributed by atoms with E-state index in [1.807, 2.05) is 18.2 Å². The molecule has 202 valence electrons. The molecule has 1 atom stereocenters. The van der Waals surface area contributed by atoms with E-state index in [-0.39, 0.29) is 24.0 Å². The van der Waals surface area contributed by atoms with Crippen LogP contribution >= 0.6 is 11.6 Å². The van der Waals surface area contributed by atoms with Crippen molar-refractivity contribution >= 4 is 17.5 Å². The highest BCUT2D eigenvalue weighted by atomic mass is 35.5. The molecule has 2 N–H and O–H groups in total. The Morgan fingerprint density at radius 3 is 2.62 bits per heavy atom. The summed E-state index contributed by atoms with van der Waals surface area (Å²) in [5, 5.41) is 18.6. The van der Waals surface area contributed by atoms with E-state index in [2.05, 4.69) is 17.1 Å². The highest BCUT2D eigenvalue weighted by Gasteiger charge is 2.43. The molecule has 1 aliphatic heterocycles. The predicted molar refractivity (Wildman–Crippen MR) is 147 cm³/mol. The van der Waals surface area contributed by atoms with Crippen LogP contribution < -0.4 is 9.47 Å². The Bertz CT molecular complexity index is 1520. The fourth-order valence-electron chi connectivity index (χ4n) is 4.85. The number of rotatable bonds is 9. The first-order valence-electron chi connectivity index (χ1n) is 12.8. The maximum absolute atomic E-state index is 13.7. The third-order valence-corrected chi connectivity index (χ3v) is 7.33. The summed E-state index contributed by atoms with van der Waals surface area (Å²) in [5.41, 5.74) is 4.02. The largest absolute Gasteiger partial charge is 0.507 e. The zero-order valence-corrected chi connectivity index (χ0v) is 22.7. The number of carbonyl (C=O) groups is 1. The zero-order chi connectivity index (χ0) is 27.7. The van der Waals surface area contributed by atoms with Crippen molar-refractivity contribution in [3.63, 3.8) is 0 Å². The summed E-state index contributed by atoms with van der Waals surface area (Å²) >= 11 is 6.41. The molecule has 7 nitrogen and oxygen atoms in total. The Balaban J connectivity index is 1.64. The van der Waals surface area contributed by atoms with Gasteiger partial charge in [0.15, 0.2) is 11.5 Å². The number of phenolic OH excluding ortho intramolecular Hbond substituents is 1. The molecule has 9 heteroatoms. The number of unbranched alkanes of at least 4 members (excludes halogenated alkanes) is 1. The van der Waals surface area contributed by atoms with Crippen LogP contribution in [-0.2, 0) is 6.54 Å². The van der Waals surface area contributed by atoms with Crippen LogP contribution in [0.2, 0.25) is 5.02 Å². The number of hydrogen-bond acceptors (Lipinski definition) is 5. The summed E-state index contributed by atoms with van der Waals surface area (Å²) in [6.45, 7) is 4.68. The van der Waals surface area contributed by atoms with E-state index in [1.54, 1.807) is 43.2 Å². The van der Waals surface area contributed by atoms with Crippen molar-refractivity contribution < 1.29 is 23.8 Å². The highest BCUT2D eigenvalue weighted by Crippen LogP contribution is 2.47. The number of amides is 1. The minimum absolute atomic E-state index is 0.00614. The van der Waals surface area contributed by atoms with Gasteiger partial charge in [-0.05, 0) is 66.4 Å². The molecule has 1 aliphatic rings. The van der Waals surface area contributed by atoms with E-state index < -0.39 is 6.04 Å². The third kappa shape index (κ3) is 5.04. The number of nitrogens with one attached hydrogen (secondary N) is 1. The number of carbonyl (C=O) groups excluding carboxylic acids is 1. The van der Waals surface area contributed by atoms with Gasteiger partial charge in [0.2, 0.25) is 0 Å². The minimum Gasteiger partial charge on any atom is -0.507 e. The van der Waals surface area contributed by atoms with Crippen LogP contribution in [0.15, 0.2) is 54.6 Å². The van der Waals surface area contributed by atoms with Crippen molar-refractivity contribution in [1.29, 1.82) is 0 Å². The molecule has 0 aliphatic carbocycles. The fourth-order valence-corrected chi connectivity index (χ4v) is 5.02. The number of aromatic hydroxyl groups is 1. The van der Waals surface area contributed by atoms with E-state index in [4.69, 9.17) is 21.1 Å². The first kappa shape index (κ1) is 26.6. The van der Waals surface area contributed by atoms with E-state index in [1.165, 1.54) is 12.1 Å². The number of hydrogen-bond donors (Lipinski definition) is 2. The molecule has 0 saturated carbocycles. The highest BCUT2D eigenvalue weighted by molar-refractivity contribution is 6.31. The van der Waals surface area contributed by atoms with E-state index in [0.29, 0.717) is 45.6 Å². The molecule has 0 fully saturated rings. The second kappa shape index (κ2) is 11.0. The van der Waals surface area contributed by atoms with Crippen LogP contribution in [0.5, 0.6) is 17.2 Å². The number of aromatic nitrogens is 2. The number of benzene rings is 3. The lowest BCUT2D eigenvalue weighted by Gasteiger charge is -2.27. The Morgan fingerprint density at radius 1 is 1.13 bits per heavy atom. The maximum Gasteiger partial charge on any atom is 0.273 e. The molecule has 3 aromatic carbocycles. The number of phenols is 1. The van der Waals surface area contributed by atoms with Crippen molar-refractivity contribution in [1.82, 2.24) is 15.1 Å². The van der Waals surface area contributed by atoms with Crippen molar-refractivity contribution in [2.75, 3.05) is 13.7 Å². The van der Waals surface area contributed by atoms with Gasteiger partial charge in [-0.1, -0.05) is 43.1 Å². The number of fused-ring (bicyclic) bond motifs is 1. The zero-order valence-electron chi connectivity index (χ0n) is 21.9. The molecule has 0 saturated heterocycles. The summed E-state index contributed by atoms with van der Waals surface area (Å²) < 4.78 is 25.2. The lowest BCUT2D eigenvalue weighted by Crippen LogP contribution is -2.29. The van der Waals surface area contributed by atoms with E-state index in [9.17, 15) is 14.3 Å². The van der Waals surface area contributed by atoms with Gasteiger partial charge in [-0.3, -0.25) is 9.89 Å². The summed E-state index contributed by atoms with van der Waals surface area (Å²) in [6.07, 6.45) is 1.92. The average Bonchev–Trinajstić information content (AvgIpc) is 3.46. The summed E-state index contributed by atoms with van der Waals surface area (Å²) in [4.78, 5) is 15.4. The molecular weight excluding hydrogens is 521 g/mol. The van der Waals surface area contributed by atoms with Crippen LogP contribution in [0, 0.1) is 12.7 Å². The van der Waals surface area contributed by atoms with Gasteiger partial charge >= 0.3 is 0 Å². The van der Waals surface area contributed by atoms with Crippen LogP contribution in [0.4, 0.5) is 4.39 Å². The monoisotopic (exact) mass is 549 g/mol. The Labute approximate surface area is 231 Å². The predicted octanol–water partition coefficient (Wildman–Crippen LogP) is 6.82. The Kier molecular flexibility index (Phi) is 7.48. The van der Waals surface area contributed by atoms with Gasteiger partial charge in [-0.15, -0.1) is 0 Å². The molecule has 39 heavy (non-hydrogen) atoms. The van der Waals surface area contributed by atoms with Gasteiger partial charge in [-0.2, -0.15) is 5.10 Å². The standard InChI is InChI=1S/C30H29ClFN3O4/c1-4-5-12-39-24-11-8-19(14-25(24)38-3)29-26-27(21-15-22(31)17(2)13-23(21)36)33-34-28(26)30(37)35(29)16-18-6-9-20(32)10-7-18/h6-11,13-15,29,36H,4-5,12,16H2,1-3H3,(H,33,34). The smallest absolute Gasteiger partial charge is 0.273 e. The maximum atomic E-state index is 13.7.